The molecule has 0 saturated heterocycles. The Kier molecular flexibility index (Phi) is 2.08. The predicted molar refractivity (Wildman–Crippen MR) is 51.4 cm³/mol. The molecule has 0 aromatic carbocycles. The molecule has 1 N–H and O–H groups in total. The molecule has 1 aliphatic rings. The summed E-state index contributed by atoms with van der Waals surface area (Å²) in [6.07, 6.45) is 2.07. The topological polar surface area (TPSA) is 33.1 Å². The van der Waals surface area contributed by atoms with E-state index in [1.807, 2.05) is 26.0 Å². The first-order valence-electron chi connectivity index (χ1n) is 4.80. The Morgan fingerprint density at radius 3 is 2.31 bits per heavy atom. The molecule has 2 nitrogen and oxygen atoms in total. The van der Waals surface area contributed by atoms with E-state index < -0.39 is 0 Å². The maximum atomic E-state index is 9.88. The van der Waals surface area contributed by atoms with Gasteiger partial charge in [-0.1, -0.05) is 0 Å². The molecule has 2 rings (SSSR count). The van der Waals surface area contributed by atoms with Gasteiger partial charge in [-0.2, -0.15) is 0 Å². The molecule has 1 heterocycles. The average Bonchev–Trinajstić information content (AvgIpc) is 2.83. The van der Waals surface area contributed by atoms with Gasteiger partial charge in [-0.3, -0.25) is 4.98 Å². The Morgan fingerprint density at radius 1 is 1.31 bits per heavy atom. The molecule has 2 heteroatoms. The van der Waals surface area contributed by atoms with Crippen LogP contribution < -0.4 is 0 Å². The van der Waals surface area contributed by atoms with Gasteiger partial charge >= 0.3 is 0 Å². The van der Waals surface area contributed by atoms with E-state index in [4.69, 9.17) is 0 Å². The number of rotatable bonds is 2. The number of hydrogen-bond acceptors (Lipinski definition) is 2. The highest BCUT2D eigenvalue weighted by Gasteiger charge is 2.30. The van der Waals surface area contributed by atoms with E-state index in [2.05, 4.69) is 4.98 Å². The van der Waals surface area contributed by atoms with Crippen LogP contribution in [0, 0.1) is 19.8 Å². The minimum Gasteiger partial charge on any atom is -0.388 e. The molecule has 0 radical (unpaired) electrons. The van der Waals surface area contributed by atoms with Crippen molar-refractivity contribution in [2.45, 2.75) is 32.8 Å². The molecule has 1 saturated carbocycles. The summed E-state index contributed by atoms with van der Waals surface area (Å²) in [5.74, 6) is 0.501. The van der Waals surface area contributed by atoms with Gasteiger partial charge in [-0.05, 0) is 50.3 Å². The van der Waals surface area contributed by atoms with Crippen molar-refractivity contribution in [2.75, 3.05) is 0 Å². The molecule has 0 bridgehead atoms. The molecule has 1 fully saturated rings. The molecule has 0 amide bonds. The van der Waals surface area contributed by atoms with Crippen molar-refractivity contribution >= 4 is 0 Å². The van der Waals surface area contributed by atoms with E-state index in [9.17, 15) is 5.11 Å². The molecular formula is C11H15NO. The second kappa shape index (κ2) is 3.11. The third kappa shape index (κ3) is 1.89. The molecule has 13 heavy (non-hydrogen) atoms. The Bertz CT molecular complexity index is 298. The third-order valence-electron chi connectivity index (χ3n) is 2.51. The zero-order valence-corrected chi connectivity index (χ0v) is 8.12. The molecule has 1 unspecified atom stereocenters. The average molecular weight is 177 g/mol. The van der Waals surface area contributed by atoms with Gasteiger partial charge < -0.3 is 5.11 Å². The van der Waals surface area contributed by atoms with E-state index in [0.717, 1.165) is 17.0 Å². The normalized spacial score (nSPS) is 18.7. The largest absolute Gasteiger partial charge is 0.388 e. The van der Waals surface area contributed by atoms with Crippen molar-refractivity contribution in [2.24, 2.45) is 5.92 Å². The molecule has 70 valence electrons. The first-order valence-corrected chi connectivity index (χ1v) is 4.80. The van der Waals surface area contributed by atoms with E-state index in [1.165, 1.54) is 12.8 Å². The first kappa shape index (κ1) is 8.70. The van der Waals surface area contributed by atoms with Crippen LogP contribution in [0.2, 0.25) is 0 Å². The van der Waals surface area contributed by atoms with Crippen molar-refractivity contribution in [1.82, 2.24) is 4.98 Å². The summed E-state index contributed by atoms with van der Waals surface area (Å²) in [6, 6.07) is 3.96. The SMILES string of the molecule is Cc1cc(C(O)C2CC2)cc(C)n1. The fourth-order valence-corrected chi connectivity index (χ4v) is 1.72. The van der Waals surface area contributed by atoms with Crippen molar-refractivity contribution in [3.8, 4) is 0 Å². The summed E-state index contributed by atoms with van der Waals surface area (Å²) in [5.41, 5.74) is 3.02. The summed E-state index contributed by atoms with van der Waals surface area (Å²) in [6.45, 7) is 3.94. The monoisotopic (exact) mass is 177 g/mol. The lowest BCUT2D eigenvalue weighted by molar-refractivity contribution is 0.153. The second-order valence-corrected chi connectivity index (χ2v) is 3.97. The van der Waals surface area contributed by atoms with Crippen LogP contribution in [0.25, 0.3) is 0 Å². The van der Waals surface area contributed by atoms with Crippen LogP contribution in [-0.2, 0) is 0 Å². The highest BCUT2D eigenvalue weighted by Crippen LogP contribution is 2.40. The van der Waals surface area contributed by atoms with Crippen LogP contribution in [-0.4, -0.2) is 10.1 Å². The Hall–Kier alpha value is -0.890. The minimum atomic E-state index is -0.264. The van der Waals surface area contributed by atoms with E-state index in [1.54, 1.807) is 0 Å². The number of aryl methyl sites for hydroxylation is 2. The number of pyridine rings is 1. The highest BCUT2D eigenvalue weighted by molar-refractivity contribution is 5.23. The molecule has 1 aliphatic carbocycles. The summed E-state index contributed by atoms with van der Waals surface area (Å²) < 4.78 is 0. The van der Waals surface area contributed by atoms with Crippen molar-refractivity contribution < 1.29 is 5.11 Å². The van der Waals surface area contributed by atoms with Gasteiger partial charge in [0.2, 0.25) is 0 Å². The Morgan fingerprint density at radius 2 is 1.85 bits per heavy atom. The van der Waals surface area contributed by atoms with Gasteiger partial charge in [0.1, 0.15) is 0 Å². The predicted octanol–water partition coefficient (Wildman–Crippen LogP) is 2.14. The van der Waals surface area contributed by atoms with Gasteiger partial charge in [0.05, 0.1) is 6.10 Å². The number of hydrogen-bond donors (Lipinski definition) is 1. The standard InChI is InChI=1S/C11H15NO/c1-7-5-10(6-8(2)12-7)11(13)9-3-4-9/h5-6,9,11,13H,3-4H2,1-2H3. The number of aromatic nitrogens is 1. The number of aliphatic hydroxyl groups is 1. The number of aliphatic hydroxyl groups excluding tert-OH is 1. The van der Waals surface area contributed by atoms with Gasteiger partial charge in [-0.15, -0.1) is 0 Å². The second-order valence-electron chi connectivity index (χ2n) is 3.97. The molecule has 0 aliphatic heterocycles. The van der Waals surface area contributed by atoms with Crippen LogP contribution in [0.5, 0.6) is 0 Å². The smallest absolute Gasteiger partial charge is 0.0819 e. The Labute approximate surface area is 78.6 Å². The zero-order valence-electron chi connectivity index (χ0n) is 8.12. The van der Waals surface area contributed by atoms with Crippen molar-refractivity contribution in [3.63, 3.8) is 0 Å². The molecule has 1 aromatic heterocycles. The maximum Gasteiger partial charge on any atom is 0.0819 e. The van der Waals surface area contributed by atoms with Crippen LogP contribution in [0.15, 0.2) is 12.1 Å². The van der Waals surface area contributed by atoms with E-state index in [0.29, 0.717) is 5.92 Å². The van der Waals surface area contributed by atoms with Gasteiger partial charge in [0.15, 0.2) is 0 Å². The van der Waals surface area contributed by atoms with Gasteiger partial charge in [-0.25, -0.2) is 0 Å². The van der Waals surface area contributed by atoms with Gasteiger partial charge in [0.25, 0.3) is 0 Å². The Balaban J connectivity index is 2.27. The summed E-state index contributed by atoms with van der Waals surface area (Å²) in [7, 11) is 0. The fourth-order valence-electron chi connectivity index (χ4n) is 1.72. The van der Waals surface area contributed by atoms with Crippen molar-refractivity contribution in [3.05, 3.63) is 29.1 Å². The summed E-state index contributed by atoms with van der Waals surface area (Å²) >= 11 is 0. The molecule has 1 aromatic rings. The van der Waals surface area contributed by atoms with E-state index >= 15 is 0 Å². The van der Waals surface area contributed by atoms with E-state index in [-0.39, 0.29) is 6.10 Å². The first-order chi connectivity index (χ1) is 6.16. The van der Waals surface area contributed by atoms with Crippen LogP contribution in [0.3, 0.4) is 0 Å². The fraction of sp³-hybridized carbons (Fsp3) is 0.545. The lowest BCUT2D eigenvalue weighted by Gasteiger charge is -2.10. The molecule has 1 atom stereocenters. The van der Waals surface area contributed by atoms with Crippen molar-refractivity contribution in [1.29, 1.82) is 0 Å². The zero-order chi connectivity index (χ0) is 9.42. The lowest BCUT2D eigenvalue weighted by Crippen LogP contribution is -2.01. The minimum absolute atomic E-state index is 0.264. The maximum absolute atomic E-state index is 9.88. The molecular weight excluding hydrogens is 162 g/mol. The number of nitrogens with zero attached hydrogens (tertiary/aromatic N) is 1. The third-order valence-corrected chi connectivity index (χ3v) is 2.51. The quantitative estimate of drug-likeness (QED) is 0.750. The van der Waals surface area contributed by atoms with Crippen LogP contribution >= 0.6 is 0 Å². The van der Waals surface area contributed by atoms with Crippen LogP contribution in [0.4, 0.5) is 0 Å². The molecule has 0 spiro atoms. The lowest BCUT2D eigenvalue weighted by atomic mass is 10.1. The summed E-state index contributed by atoms with van der Waals surface area (Å²) in [4.78, 5) is 4.29. The van der Waals surface area contributed by atoms with Gasteiger partial charge in [0, 0.05) is 11.4 Å². The van der Waals surface area contributed by atoms with Crippen LogP contribution in [0.1, 0.15) is 35.9 Å². The summed E-state index contributed by atoms with van der Waals surface area (Å²) in [5, 5.41) is 9.88. The highest BCUT2D eigenvalue weighted by atomic mass is 16.3.